The van der Waals surface area contributed by atoms with Crippen LogP contribution in [0.15, 0.2) is 36.4 Å². The Kier molecular flexibility index (Phi) is 5.18. The predicted octanol–water partition coefficient (Wildman–Crippen LogP) is 3.92. The second-order valence-electron chi connectivity index (χ2n) is 5.14. The van der Waals surface area contributed by atoms with Gasteiger partial charge in [0.25, 0.3) is 5.69 Å². The summed E-state index contributed by atoms with van der Waals surface area (Å²) in [4.78, 5) is 22.3. The van der Waals surface area contributed by atoms with Gasteiger partial charge in [-0.3, -0.25) is 14.9 Å². The number of halogens is 1. The average Bonchev–Trinajstić information content (AvgIpc) is 2.49. The number of nitrogens with zero attached hydrogens (tertiary/aromatic N) is 1. The van der Waals surface area contributed by atoms with Crippen LogP contribution in [0.3, 0.4) is 0 Å². The van der Waals surface area contributed by atoms with Gasteiger partial charge in [0.15, 0.2) is 0 Å². The van der Waals surface area contributed by atoms with Crippen LogP contribution in [0.5, 0.6) is 0 Å². The van der Waals surface area contributed by atoms with Gasteiger partial charge in [0.2, 0.25) is 5.91 Å². The van der Waals surface area contributed by atoms with E-state index in [4.69, 9.17) is 11.6 Å². The Morgan fingerprint density at radius 1 is 1.17 bits per heavy atom. The largest absolute Gasteiger partial charge is 0.376 e. The normalized spacial score (nSPS) is 10.2. The number of amides is 1. The topological polar surface area (TPSA) is 84.3 Å². The van der Waals surface area contributed by atoms with Gasteiger partial charge in [-0.1, -0.05) is 23.7 Å². The van der Waals surface area contributed by atoms with Crippen molar-refractivity contribution < 1.29 is 9.72 Å². The summed E-state index contributed by atoms with van der Waals surface area (Å²) in [5.74, 6) is -0.290. The maximum atomic E-state index is 12.0. The van der Waals surface area contributed by atoms with Gasteiger partial charge in [0.05, 0.1) is 22.2 Å². The summed E-state index contributed by atoms with van der Waals surface area (Å²) in [7, 11) is 0. The van der Waals surface area contributed by atoms with Crippen LogP contribution in [-0.2, 0) is 4.79 Å². The number of hydrogen-bond donors (Lipinski definition) is 2. The molecule has 0 aliphatic rings. The summed E-state index contributed by atoms with van der Waals surface area (Å²) >= 11 is 6.06. The Hall–Kier alpha value is -2.60. The molecule has 0 atom stereocenters. The number of rotatable bonds is 5. The number of non-ortho nitro benzene ring substituents is 1. The number of benzene rings is 2. The minimum Gasteiger partial charge on any atom is -0.376 e. The number of aryl methyl sites for hydroxylation is 2. The fourth-order valence-corrected chi connectivity index (χ4v) is 2.29. The summed E-state index contributed by atoms with van der Waals surface area (Å²) in [5.41, 5.74) is 2.86. The number of hydrogen-bond acceptors (Lipinski definition) is 4. The van der Waals surface area contributed by atoms with Crippen LogP contribution >= 0.6 is 11.6 Å². The van der Waals surface area contributed by atoms with Crippen molar-refractivity contribution in [2.75, 3.05) is 17.2 Å². The highest BCUT2D eigenvalue weighted by Gasteiger charge is 2.10. The first-order chi connectivity index (χ1) is 10.9. The lowest BCUT2D eigenvalue weighted by molar-refractivity contribution is -0.384. The van der Waals surface area contributed by atoms with E-state index in [-0.39, 0.29) is 18.1 Å². The molecule has 6 nitrogen and oxygen atoms in total. The van der Waals surface area contributed by atoms with Crippen molar-refractivity contribution in [3.63, 3.8) is 0 Å². The minimum absolute atomic E-state index is 0.0216. The molecule has 0 heterocycles. The van der Waals surface area contributed by atoms with E-state index in [1.165, 1.54) is 12.1 Å². The number of carbonyl (C=O) groups is 1. The molecular weight excluding hydrogens is 318 g/mol. The van der Waals surface area contributed by atoms with Crippen LogP contribution in [0.1, 0.15) is 11.1 Å². The van der Waals surface area contributed by atoms with Crippen molar-refractivity contribution in [3.8, 4) is 0 Å². The third-order valence-electron chi connectivity index (χ3n) is 3.27. The SMILES string of the molecule is Cc1ccc(NC(=O)CNc2cc([N+](=O)[O-])ccc2C)c(Cl)c1. The maximum absolute atomic E-state index is 12.0. The first kappa shape index (κ1) is 16.8. The Morgan fingerprint density at radius 3 is 2.57 bits per heavy atom. The van der Waals surface area contributed by atoms with E-state index in [1.54, 1.807) is 25.1 Å². The summed E-state index contributed by atoms with van der Waals surface area (Å²) in [6.07, 6.45) is 0. The van der Waals surface area contributed by atoms with Crippen molar-refractivity contribution >= 4 is 34.6 Å². The van der Waals surface area contributed by atoms with Crippen molar-refractivity contribution in [2.24, 2.45) is 0 Å². The Balaban J connectivity index is 2.02. The van der Waals surface area contributed by atoms with Crippen molar-refractivity contribution in [1.29, 1.82) is 0 Å². The maximum Gasteiger partial charge on any atom is 0.271 e. The van der Waals surface area contributed by atoms with Crippen molar-refractivity contribution in [2.45, 2.75) is 13.8 Å². The van der Waals surface area contributed by atoms with E-state index in [9.17, 15) is 14.9 Å². The Bertz CT molecular complexity index is 762. The molecule has 0 aliphatic carbocycles. The second-order valence-corrected chi connectivity index (χ2v) is 5.55. The summed E-state index contributed by atoms with van der Waals surface area (Å²) < 4.78 is 0. The molecule has 0 spiro atoms. The standard InChI is InChI=1S/C16H16ClN3O3/c1-10-3-6-14(13(17)7-10)19-16(21)9-18-15-8-12(20(22)23)5-4-11(15)2/h3-8,18H,9H2,1-2H3,(H,19,21). The van der Waals surface area contributed by atoms with Gasteiger partial charge in [-0.05, 0) is 37.1 Å². The summed E-state index contributed by atoms with van der Waals surface area (Å²) in [6.45, 7) is 3.69. The minimum atomic E-state index is -0.475. The molecule has 1 amide bonds. The lowest BCUT2D eigenvalue weighted by Gasteiger charge is -2.11. The number of nitro benzene ring substituents is 1. The van der Waals surface area contributed by atoms with E-state index in [1.807, 2.05) is 13.0 Å². The third-order valence-corrected chi connectivity index (χ3v) is 3.58. The van der Waals surface area contributed by atoms with Crippen molar-refractivity contribution in [1.82, 2.24) is 0 Å². The summed E-state index contributed by atoms with van der Waals surface area (Å²) in [5, 5.41) is 16.9. The Morgan fingerprint density at radius 2 is 1.91 bits per heavy atom. The van der Waals surface area contributed by atoms with Gasteiger partial charge in [0, 0.05) is 17.8 Å². The first-order valence-corrected chi connectivity index (χ1v) is 7.29. The fraction of sp³-hybridized carbons (Fsp3) is 0.188. The highest BCUT2D eigenvalue weighted by atomic mass is 35.5. The second kappa shape index (κ2) is 7.11. The van der Waals surface area contributed by atoms with Gasteiger partial charge >= 0.3 is 0 Å². The number of carbonyl (C=O) groups excluding carboxylic acids is 1. The molecule has 7 heteroatoms. The fourth-order valence-electron chi connectivity index (χ4n) is 2.01. The first-order valence-electron chi connectivity index (χ1n) is 6.92. The third kappa shape index (κ3) is 4.43. The van der Waals surface area contributed by atoms with Crippen LogP contribution in [-0.4, -0.2) is 17.4 Å². The molecule has 120 valence electrons. The van der Waals surface area contributed by atoms with Crippen LogP contribution < -0.4 is 10.6 Å². The molecule has 2 N–H and O–H groups in total. The molecule has 0 saturated heterocycles. The molecule has 0 aliphatic heterocycles. The highest BCUT2D eigenvalue weighted by Crippen LogP contribution is 2.23. The highest BCUT2D eigenvalue weighted by molar-refractivity contribution is 6.33. The molecule has 0 aromatic heterocycles. The molecule has 23 heavy (non-hydrogen) atoms. The molecule has 0 saturated carbocycles. The van der Waals surface area contributed by atoms with Crippen molar-refractivity contribution in [3.05, 3.63) is 62.7 Å². The Labute approximate surface area is 138 Å². The number of nitro groups is 1. The average molecular weight is 334 g/mol. The van der Waals surface area contributed by atoms with Gasteiger partial charge in [-0.25, -0.2) is 0 Å². The van der Waals surface area contributed by atoms with E-state index in [0.29, 0.717) is 16.4 Å². The van der Waals surface area contributed by atoms with Crippen LogP contribution in [0.25, 0.3) is 0 Å². The molecule has 0 unspecified atom stereocenters. The zero-order valence-corrected chi connectivity index (χ0v) is 13.5. The molecule has 2 aromatic carbocycles. The molecule has 0 bridgehead atoms. The van der Waals surface area contributed by atoms with Gasteiger partial charge in [-0.2, -0.15) is 0 Å². The van der Waals surface area contributed by atoms with E-state index < -0.39 is 4.92 Å². The molecule has 0 fully saturated rings. The molecule has 0 radical (unpaired) electrons. The smallest absolute Gasteiger partial charge is 0.271 e. The number of anilines is 2. The monoisotopic (exact) mass is 333 g/mol. The zero-order chi connectivity index (χ0) is 17.0. The molecule has 2 rings (SSSR count). The predicted molar refractivity (Wildman–Crippen MR) is 91.1 cm³/mol. The lowest BCUT2D eigenvalue weighted by atomic mass is 10.2. The molecule has 2 aromatic rings. The van der Waals surface area contributed by atoms with Crippen LogP contribution in [0.2, 0.25) is 5.02 Å². The summed E-state index contributed by atoms with van der Waals surface area (Å²) in [6, 6.07) is 9.80. The van der Waals surface area contributed by atoms with Gasteiger partial charge < -0.3 is 10.6 Å². The number of nitrogens with one attached hydrogen (secondary N) is 2. The van der Waals surface area contributed by atoms with E-state index in [0.717, 1.165) is 11.1 Å². The van der Waals surface area contributed by atoms with Gasteiger partial charge in [0.1, 0.15) is 0 Å². The van der Waals surface area contributed by atoms with Crippen LogP contribution in [0, 0.1) is 24.0 Å². The molecular formula is C16H16ClN3O3. The van der Waals surface area contributed by atoms with Crippen LogP contribution in [0.4, 0.5) is 17.1 Å². The van der Waals surface area contributed by atoms with E-state index >= 15 is 0 Å². The quantitative estimate of drug-likeness (QED) is 0.641. The van der Waals surface area contributed by atoms with E-state index in [2.05, 4.69) is 10.6 Å². The lowest BCUT2D eigenvalue weighted by Crippen LogP contribution is -2.22. The zero-order valence-electron chi connectivity index (χ0n) is 12.7. The van der Waals surface area contributed by atoms with Gasteiger partial charge in [-0.15, -0.1) is 0 Å².